The second kappa shape index (κ2) is 5.30. The molecule has 0 saturated carbocycles. The van der Waals surface area contributed by atoms with E-state index in [2.05, 4.69) is 0 Å². The van der Waals surface area contributed by atoms with Crippen molar-refractivity contribution in [2.24, 2.45) is 11.3 Å². The molecule has 0 radical (unpaired) electrons. The highest BCUT2D eigenvalue weighted by molar-refractivity contribution is 7.89. The van der Waals surface area contributed by atoms with Gasteiger partial charge in [-0.25, -0.2) is 8.42 Å². The van der Waals surface area contributed by atoms with Crippen LogP contribution in [-0.4, -0.2) is 32.1 Å². The largest absolute Gasteiger partial charge is 0.303 e. The maximum atomic E-state index is 12.6. The number of sulfonamides is 1. The second-order valence-corrected chi connectivity index (χ2v) is 8.11. The fourth-order valence-corrected chi connectivity index (χ4v) is 4.27. The maximum absolute atomic E-state index is 12.6. The van der Waals surface area contributed by atoms with Crippen molar-refractivity contribution in [2.75, 3.05) is 13.1 Å². The normalized spacial score (nSPS) is 23.4. The highest BCUT2D eigenvalue weighted by atomic mass is 32.2. The van der Waals surface area contributed by atoms with Crippen molar-refractivity contribution in [3.63, 3.8) is 0 Å². The third kappa shape index (κ3) is 2.79. The van der Waals surface area contributed by atoms with Gasteiger partial charge < -0.3 is 4.79 Å². The fourth-order valence-electron chi connectivity index (χ4n) is 2.64. The van der Waals surface area contributed by atoms with Crippen LogP contribution in [-0.2, 0) is 14.8 Å². The van der Waals surface area contributed by atoms with Crippen molar-refractivity contribution >= 4 is 16.3 Å². The number of hydrogen-bond donors (Lipinski definition) is 0. The van der Waals surface area contributed by atoms with Crippen LogP contribution >= 0.6 is 0 Å². The molecular weight excluding hydrogens is 274 g/mol. The molecule has 4 nitrogen and oxygen atoms in total. The summed E-state index contributed by atoms with van der Waals surface area (Å²) in [6, 6.07) is 6.89. The van der Waals surface area contributed by atoms with Crippen LogP contribution in [0.4, 0.5) is 0 Å². The Kier molecular flexibility index (Phi) is 4.02. The van der Waals surface area contributed by atoms with Gasteiger partial charge in [0.25, 0.3) is 0 Å². The Hall–Kier alpha value is -1.20. The van der Waals surface area contributed by atoms with Crippen LogP contribution in [0.1, 0.15) is 25.8 Å². The lowest BCUT2D eigenvalue weighted by molar-refractivity contribution is -0.116. The molecule has 1 atom stereocenters. The number of aryl methyl sites for hydroxylation is 1. The predicted molar refractivity (Wildman–Crippen MR) is 77.9 cm³/mol. The van der Waals surface area contributed by atoms with Gasteiger partial charge in [0, 0.05) is 19.0 Å². The summed E-state index contributed by atoms with van der Waals surface area (Å²) in [5.41, 5.74) is 0.710. The molecule has 0 spiro atoms. The summed E-state index contributed by atoms with van der Waals surface area (Å²) in [5.74, 6) is -0.0769. The van der Waals surface area contributed by atoms with Crippen LogP contribution in [0.25, 0.3) is 0 Å². The Bertz CT molecular complexity index is 590. The van der Waals surface area contributed by atoms with E-state index in [9.17, 15) is 13.2 Å². The van der Waals surface area contributed by atoms with Crippen molar-refractivity contribution in [1.29, 1.82) is 0 Å². The lowest BCUT2D eigenvalue weighted by Crippen LogP contribution is -2.48. The predicted octanol–water partition coefficient (Wildman–Crippen LogP) is 2.23. The van der Waals surface area contributed by atoms with Crippen LogP contribution < -0.4 is 0 Å². The zero-order valence-corrected chi connectivity index (χ0v) is 13.0. The zero-order valence-electron chi connectivity index (χ0n) is 12.2. The van der Waals surface area contributed by atoms with E-state index in [1.54, 1.807) is 24.3 Å². The van der Waals surface area contributed by atoms with Crippen LogP contribution in [0.15, 0.2) is 29.2 Å². The Morgan fingerprint density at radius 1 is 1.25 bits per heavy atom. The Labute approximate surface area is 120 Å². The average Bonchev–Trinajstić information content (AvgIpc) is 2.38. The van der Waals surface area contributed by atoms with Gasteiger partial charge in [0.05, 0.1) is 4.90 Å². The minimum atomic E-state index is -3.46. The summed E-state index contributed by atoms with van der Waals surface area (Å²) >= 11 is 0. The van der Waals surface area contributed by atoms with Gasteiger partial charge in [0.15, 0.2) is 0 Å². The Morgan fingerprint density at radius 2 is 1.85 bits per heavy atom. The highest BCUT2D eigenvalue weighted by Crippen LogP contribution is 2.35. The number of hydrogen-bond acceptors (Lipinski definition) is 3. The fraction of sp³-hybridized carbons (Fsp3) is 0.533. The van der Waals surface area contributed by atoms with Gasteiger partial charge in [-0.2, -0.15) is 4.31 Å². The molecule has 0 N–H and O–H groups in total. The lowest BCUT2D eigenvalue weighted by Gasteiger charge is -2.41. The SMILES string of the molecule is Cc1ccc(S(=O)(=O)N2CCC(C=O)C(C)(C)C2)cc1. The van der Waals surface area contributed by atoms with E-state index in [1.165, 1.54) is 4.31 Å². The van der Waals surface area contributed by atoms with E-state index in [4.69, 9.17) is 0 Å². The molecule has 1 heterocycles. The van der Waals surface area contributed by atoms with Gasteiger partial charge in [-0.1, -0.05) is 31.5 Å². The number of carbonyl (C=O) groups is 1. The summed E-state index contributed by atoms with van der Waals surface area (Å²) in [5, 5.41) is 0. The molecule has 0 bridgehead atoms. The Balaban J connectivity index is 2.27. The van der Waals surface area contributed by atoms with E-state index in [0.29, 0.717) is 24.4 Å². The Morgan fingerprint density at radius 3 is 2.35 bits per heavy atom. The number of aldehydes is 1. The first-order chi connectivity index (χ1) is 9.27. The molecule has 2 rings (SSSR count). The molecule has 1 aliphatic rings. The highest BCUT2D eigenvalue weighted by Gasteiger charge is 2.40. The van der Waals surface area contributed by atoms with Crippen molar-refractivity contribution in [1.82, 2.24) is 4.31 Å². The van der Waals surface area contributed by atoms with E-state index >= 15 is 0 Å². The third-order valence-electron chi connectivity index (χ3n) is 4.10. The molecule has 20 heavy (non-hydrogen) atoms. The van der Waals surface area contributed by atoms with Crippen LogP contribution in [0, 0.1) is 18.3 Å². The number of nitrogens with zero attached hydrogens (tertiary/aromatic N) is 1. The van der Waals surface area contributed by atoms with Gasteiger partial charge >= 0.3 is 0 Å². The number of carbonyl (C=O) groups excluding carboxylic acids is 1. The van der Waals surface area contributed by atoms with Gasteiger partial charge in [-0.15, -0.1) is 0 Å². The number of rotatable bonds is 3. The monoisotopic (exact) mass is 295 g/mol. The summed E-state index contributed by atoms with van der Waals surface area (Å²) in [7, 11) is -3.46. The van der Waals surface area contributed by atoms with E-state index in [0.717, 1.165) is 11.8 Å². The summed E-state index contributed by atoms with van der Waals surface area (Å²) in [6.45, 7) is 6.61. The second-order valence-electron chi connectivity index (χ2n) is 6.17. The van der Waals surface area contributed by atoms with Crippen LogP contribution in [0.3, 0.4) is 0 Å². The standard InChI is InChI=1S/C15H21NO3S/c1-12-4-6-14(7-5-12)20(18,19)16-9-8-13(10-17)15(2,3)11-16/h4-7,10,13H,8-9,11H2,1-3H3. The molecule has 1 aliphatic heterocycles. The van der Waals surface area contributed by atoms with Gasteiger partial charge in [0.2, 0.25) is 10.0 Å². The summed E-state index contributed by atoms with van der Waals surface area (Å²) in [4.78, 5) is 11.4. The van der Waals surface area contributed by atoms with Gasteiger partial charge in [-0.3, -0.25) is 0 Å². The third-order valence-corrected chi connectivity index (χ3v) is 5.96. The number of benzene rings is 1. The lowest BCUT2D eigenvalue weighted by atomic mass is 9.75. The molecule has 1 fully saturated rings. The quantitative estimate of drug-likeness (QED) is 0.804. The van der Waals surface area contributed by atoms with Crippen molar-refractivity contribution in [2.45, 2.75) is 32.1 Å². The van der Waals surface area contributed by atoms with Crippen LogP contribution in [0.2, 0.25) is 0 Å². The topological polar surface area (TPSA) is 54.5 Å². The average molecular weight is 295 g/mol. The first-order valence-electron chi connectivity index (χ1n) is 6.79. The maximum Gasteiger partial charge on any atom is 0.243 e. The van der Waals surface area contributed by atoms with E-state index in [1.807, 2.05) is 20.8 Å². The van der Waals surface area contributed by atoms with Crippen molar-refractivity contribution in [3.8, 4) is 0 Å². The zero-order chi connectivity index (χ0) is 15.0. The van der Waals surface area contributed by atoms with E-state index < -0.39 is 10.0 Å². The summed E-state index contributed by atoms with van der Waals surface area (Å²) < 4.78 is 26.7. The molecule has 1 unspecified atom stereocenters. The minimum absolute atomic E-state index is 0.0769. The molecule has 0 aliphatic carbocycles. The van der Waals surface area contributed by atoms with Gasteiger partial charge in [0.1, 0.15) is 6.29 Å². The molecule has 1 aromatic carbocycles. The molecule has 1 aromatic rings. The molecule has 5 heteroatoms. The first kappa shape index (κ1) is 15.2. The molecule has 110 valence electrons. The van der Waals surface area contributed by atoms with Crippen LogP contribution in [0.5, 0.6) is 0 Å². The minimum Gasteiger partial charge on any atom is -0.303 e. The van der Waals surface area contributed by atoms with Crippen molar-refractivity contribution in [3.05, 3.63) is 29.8 Å². The van der Waals surface area contributed by atoms with E-state index in [-0.39, 0.29) is 11.3 Å². The summed E-state index contributed by atoms with van der Waals surface area (Å²) in [6.07, 6.45) is 1.54. The molecular formula is C15H21NO3S. The van der Waals surface area contributed by atoms with Crippen molar-refractivity contribution < 1.29 is 13.2 Å². The molecule has 1 saturated heterocycles. The molecule has 0 aromatic heterocycles. The van der Waals surface area contributed by atoms with Gasteiger partial charge in [-0.05, 0) is 30.9 Å². The number of piperidine rings is 1. The smallest absolute Gasteiger partial charge is 0.243 e. The first-order valence-corrected chi connectivity index (χ1v) is 8.23. The molecule has 0 amide bonds.